The summed E-state index contributed by atoms with van der Waals surface area (Å²) >= 11 is 6.91. The fourth-order valence-electron chi connectivity index (χ4n) is 9.04. The first-order valence-corrected chi connectivity index (χ1v) is 17.2. The summed E-state index contributed by atoms with van der Waals surface area (Å²) in [4.78, 5) is 14.6. The van der Waals surface area contributed by atoms with Crippen LogP contribution in [0.2, 0.25) is 5.02 Å². The summed E-state index contributed by atoms with van der Waals surface area (Å²) in [6.45, 7) is 5.16. The Labute approximate surface area is 272 Å². The highest BCUT2D eigenvalue weighted by Gasteiger charge is 2.47. The minimum Gasteiger partial charge on any atom is -0.508 e. The number of aromatic nitrogens is 2. The van der Waals surface area contributed by atoms with Gasteiger partial charge >= 0.3 is 6.01 Å². The molecule has 2 N–H and O–H groups in total. The van der Waals surface area contributed by atoms with Crippen molar-refractivity contribution in [3.63, 3.8) is 0 Å². The summed E-state index contributed by atoms with van der Waals surface area (Å²) in [5, 5.41) is 16.6. The summed E-state index contributed by atoms with van der Waals surface area (Å²) in [5.74, 6) is 0.411. The van der Waals surface area contributed by atoms with Crippen molar-refractivity contribution in [2.75, 3.05) is 31.1 Å². The zero-order valence-corrected chi connectivity index (χ0v) is 26.7. The van der Waals surface area contributed by atoms with Crippen LogP contribution in [0.15, 0.2) is 42.5 Å². The largest absolute Gasteiger partial charge is 0.508 e. The number of rotatable bonds is 7. The average molecular weight is 644 g/mol. The Morgan fingerprint density at radius 3 is 2.48 bits per heavy atom. The van der Waals surface area contributed by atoms with Crippen molar-refractivity contribution in [2.24, 2.45) is 5.92 Å². The highest BCUT2D eigenvalue weighted by Crippen LogP contribution is 2.44. The quantitative estimate of drug-likeness (QED) is 0.243. The van der Waals surface area contributed by atoms with Crippen LogP contribution in [0.3, 0.4) is 0 Å². The minimum absolute atomic E-state index is 0.0457. The van der Waals surface area contributed by atoms with Crippen LogP contribution in [-0.4, -0.2) is 82.6 Å². The number of hydrogen-bond acceptors (Lipinski definition) is 8. The van der Waals surface area contributed by atoms with E-state index in [0.29, 0.717) is 59.7 Å². The Kier molecular flexibility index (Phi) is 7.04. The van der Waals surface area contributed by atoms with Crippen molar-refractivity contribution in [3.05, 3.63) is 53.3 Å². The second kappa shape index (κ2) is 11.2. The third-order valence-corrected chi connectivity index (χ3v) is 11.3. The first-order valence-electron chi connectivity index (χ1n) is 16.8. The molecule has 0 spiro atoms. The second-order valence-corrected chi connectivity index (χ2v) is 14.7. The third-order valence-electron chi connectivity index (χ3n) is 11.0. The molecular weight excluding hydrogens is 605 g/mol. The molecule has 0 radical (unpaired) electrons. The lowest BCUT2D eigenvalue weighted by atomic mass is 9.77. The molecule has 0 saturated carbocycles. The molecule has 6 aliphatic heterocycles. The molecule has 0 aliphatic carbocycles. The van der Waals surface area contributed by atoms with Crippen LogP contribution in [0.5, 0.6) is 11.8 Å². The Morgan fingerprint density at radius 2 is 1.74 bits per heavy atom. The second-order valence-electron chi connectivity index (χ2n) is 14.3. The summed E-state index contributed by atoms with van der Waals surface area (Å²) in [5.41, 5.74) is 0.908. The normalized spacial score (nSPS) is 29.2. The molecule has 3 aromatic carbocycles. The molecule has 4 aromatic rings. The first-order chi connectivity index (χ1) is 22.4. The number of phenols is 1. The van der Waals surface area contributed by atoms with Crippen LogP contribution in [0.1, 0.15) is 45.4 Å². The molecule has 10 rings (SSSR count). The molecule has 8 nitrogen and oxygen atoms in total. The van der Waals surface area contributed by atoms with Gasteiger partial charge in [-0.1, -0.05) is 42.8 Å². The van der Waals surface area contributed by atoms with Gasteiger partial charge < -0.3 is 24.8 Å². The number of anilines is 1. The number of nitrogens with one attached hydrogen (secondary N) is 1. The number of ether oxygens (including phenoxy) is 2. The smallest absolute Gasteiger partial charge is 0.319 e. The molecule has 240 valence electrons. The number of fused-ring (bicyclic) bond motifs is 4. The number of piperazine rings is 1. The van der Waals surface area contributed by atoms with Crippen molar-refractivity contribution < 1.29 is 19.0 Å². The van der Waals surface area contributed by atoms with E-state index in [9.17, 15) is 5.11 Å². The van der Waals surface area contributed by atoms with Gasteiger partial charge in [-0.15, -0.1) is 0 Å². The van der Waals surface area contributed by atoms with Crippen molar-refractivity contribution >= 4 is 39.1 Å². The van der Waals surface area contributed by atoms with Crippen LogP contribution >= 0.6 is 11.6 Å². The number of nitrogens with zero attached hydrogens (tertiary/aromatic N) is 4. The molecule has 3 atom stereocenters. The van der Waals surface area contributed by atoms with Crippen LogP contribution in [0, 0.1) is 11.7 Å². The van der Waals surface area contributed by atoms with Gasteiger partial charge in [0.05, 0.1) is 23.8 Å². The maximum Gasteiger partial charge on any atom is 0.319 e. The number of hydrogen-bond donors (Lipinski definition) is 2. The molecule has 7 heterocycles. The van der Waals surface area contributed by atoms with E-state index in [-0.39, 0.29) is 33.8 Å². The summed E-state index contributed by atoms with van der Waals surface area (Å²) in [7, 11) is 0. The molecule has 10 heteroatoms. The number of halogens is 2. The van der Waals surface area contributed by atoms with E-state index in [1.807, 2.05) is 24.3 Å². The Bertz CT molecular complexity index is 1800. The standard InChI is InChI=1S/C36H39ClFN5O3/c1-19(15-43-23-9-26-11-24(43)12-27(10-23)46-26)18-45-36-40-34-30(35(41-36)42-16-21-6-7-22(17-42)39-21)14-31(37)32(33(34)38)29-13-25(44)8-20-4-2-3-5-28(20)29/h2-5,8,13-14,19,21-24,26-27,39,44H,6-7,9-12,15-18H2,1H3/t19-,21?,22?,23?,24?,26?,27?/m1/s1. The number of piperidine rings is 2. The zero-order chi connectivity index (χ0) is 31.1. The van der Waals surface area contributed by atoms with Gasteiger partial charge in [0.25, 0.3) is 0 Å². The molecule has 6 bridgehead atoms. The van der Waals surface area contributed by atoms with Gasteiger partial charge in [-0.25, -0.2) is 4.39 Å². The van der Waals surface area contributed by atoms with Crippen LogP contribution < -0.4 is 15.0 Å². The van der Waals surface area contributed by atoms with E-state index in [0.717, 1.165) is 68.9 Å². The highest BCUT2D eigenvalue weighted by atomic mass is 35.5. The lowest BCUT2D eigenvalue weighted by Crippen LogP contribution is -2.63. The Hall–Kier alpha value is -3.24. The minimum atomic E-state index is -0.542. The van der Waals surface area contributed by atoms with Crippen LogP contribution in [-0.2, 0) is 4.74 Å². The topological polar surface area (TPSA) is 83.0 Å². The molecule has 6 saturated heterocycles. The molecule has 6 fully saturated rings. The lowest BCUT2D eigenvalue weighted by molar-refractivity contribution is -0.184. The molecule has 46 heavy (non-hydrogen) atoms. The van der Waals surface area contributed by atoms with Crippen LogP contribution in [0.4, 0.5) is 10.2 Å². The maximum absolute atomic E-state index is 16.9. The Morgan fingerprint density at radius 1 is 1.02 bits per heavy atom. The van der Waals surface area contributed by atoms with Gasteiger partial charge in [0.2, 0.25) is 0 Å². The van der Waals surface area contributed by atoms with E-state index >= 15 is 4.39 Å². The van der Waals surface area contributed by atoms with E-state index in [4.69, 9.17) is 31.0 Å². The summed E-state index contributed by atoms with van der Waals surface area (Å²) in [6, 6.07) is 14.7. The highest BCUT2D eigenvalue weighted by molar-refractivity contribution is 6.35. The van der Waals surface area contributed by atoms with Crippen molar-refractivity contribution in [2.45, 2.75) is 81.8 Å². The zero-order valence-electron chi connectivity index (χ0n) is 26.0. The summed E-state index contributed by atoms with van der Waals surface area (Å²) in [6.07, 6.45) is 7.60. The Balaban J connectivity index is 1.07. The molecule has 6 aliphatic rings. The van der Waals surface area contributed by atoms with E-state index < -0.39 is 5.82 Å². The lowest BCUT2D eigenvalue weighted by Gasteiger charge is -2.56. The molecule has 1 aromatic heterocycles. The number of aromatic hydroxyl groups is 1. The monoisotopic (exact) mass is 643 g/mol. The summed E-state index contributed by atoms with van der Waals surface area (Å²) < 4.78 is 29.4. The van der Waals surface area contributed by atoms with E-state index in [1.165, 1.54) is 0 Å². The average Bonchev–Trinajstić information content (AvgIpc) is 3.38. The third kappa shape index (κ3) is 4.98. The van der Waals surface area contributed by atoms with Gasteiger partial charge in [-0.2, -0.15) is 9.97 Å². The fourth-order valence-corrected chi connectivity index (χ4v) is 9.34. The van der Waals surface area contributed by atoms with Crippen LogP contribution in [0.25, 0.3) is 32.8 Å². The van der Waals surface area contributed by atoms with Crippen molar-refractivity contribution in [1.82, 2.24) is 20.2 Å². The first kappa shape index (κ1) is 28.9. The van der Waals surface area contributed by atoms with Gasteiger partial charge in [0.15, 0.2) is 5.82 Å². The van der Waals surface area contributed by atoms with Gasteiger partial charge in [-0.05, 0) is 73.1 Å². The molecule has 0 amide bonds. The van der Waals surface area contributed by atoms with Crippen molar-refractivity contribution in [3.8, 4) is 22.9 Å². The maximum atomic E-state index is 16.9. The van der Waals surface area contributed by atoms with Gasteiger partial charge in [0, 0.05) is 60.7 Å². The number of benzene rings is 3. The predicted molar refractivity (Wildman–Crippen MR) is 177 cm³/mol. The van der Waals surface area contributed by atoms with Gasteiger partial charge in [-0.3, -0.25) is 4.90 Å². The fraction of sp³-hybridized carbons (Fsp3) is 0.500. The SMILES string of the molecule is C[C@@H](COc1nc(N2CC3CCC(C2)N3)c2cc(Cl)c(-c3cc(O)cc4ccccc34)c(F)c2n1)CN1C2CC3CC1CC(C2)O3. The van der Waals surface area contributed by atoms with Crippen molar-refractivity contribution in [1.29, 1.82) is 0 Å². The van der Waals surface area contributed by atoms with E-state index in [1.54, 1.807) is 18.2 Å². The predicted octanol–water partition coefficient (Wildman–Crippen LogP) is 6.30. The molecular formula is C36H39ClFN5O3. The molecule has 2 unspecified atom stereocenters. The van der Waals surface area contributed by atoms with Gasteiger partial charge in [0.1, 0.15) is 17.1 Å². The number of phenolic OH excluding ortho intramolecular Hbond substituents is 1. The van der Waals surface area contributed by atoms with E-state index in [2.05, 4.69) is 22.0 Å².